The summed E-state index contributed by atoms with van der Waals surface area (Å²) in [5.41, 5.74) is 3.67. The van der Waals surface area contributed by atoms with E-state index in [0.29, 0.717) is 0 Å². The number of fused-ring (bicyclic) bond motifs is 1. The van der Waals surface area contributed by atoms with Crippen LogP contribution in [0.3, 0.4) is 0 Å². The van der Waals surface area contributed by atoms with Gasteiger partial charge in [-0.1, -0.05) is 44.9 Å². The van der Waals surface area contributed by atoms with Crippen molar-refractivity contribution in [3.63, 3.8) is 0 Å². The minimum Gasteiger partial charge on any atom is -0.361 e. The molecule has 0 amide bonds. The summed E-state index contributed by atoms with van der Waals surface area (Å²) in [4.78, 5) is 1.92. The van der Waals surface area contributed by atoms with Crippen molar-refractivity contribution in [2.75, 3.05) is 19.0 Å². The third kappa shape index (κ3) is 4.50. The highest BCUT2D eigenvalue weighted by molar-refractivity contribution is 5.97. The van der Waals surface area contributed by atoms with Gasteiger partial charge < -0.3 is 4.90 Å². The third-order valence-electron chi connectivity index (χ3n) is 5.48. The van der Waals surface area contributed by atoms with E-state index in [-0.39, 0.29) is 0 Å². The highest BCUT2D eigenvalue weighted by atomic mass is 15.3. The normalized spacial score (nSPS) is 14.1. The van der Waals surface area contributed by atoms with Crippen molar-refractivity contribution in [2.24, 2.45) is 0 Å². The van der Waals surface area contributed by atoms with Gasteiger partial charge in [0.2, 0.25) is 0 Å². The lowest BCUT2D eigenvalue weighted by atomic mass is 10.1. The first kappa shape index (κ1) is 20.1. The van der Waals surface area contributed by atoms with E-state index in [1.165, 1.54) is 44.9 Å². The second-order valence-corrected chi connectivity index (χ2v) is 7.89. The van der Waals surface area contributed by atoms with E-state index in [9.17, 15) is 0 Å². The van der Waals surface area contributed by atoms with E-state index in [4.69, 9.17) is 0 Å². The Hall–Kier alpha value is -3.22. The van der Waals surface area contributed by atoms with Crippen molar-refractivity contribution >= 4 is 16.7 Å². The standard InChI is InChI=1S/C16H15N7.C7H14/c1-22(2)15-7-5-13(19-20-15)11-4-6-14(23-9-3-8-18-23)16-12(11)10-17-21-16;1-2-4-6-7-5-3-1/h3-10H,1-2H3,(H,17,21);1-7H2. The lowest BCUT2D eigenvalue weighted by Gasteiger charge is -2.11. The predicted molar refractivity (Wildman–Crippen MR) is 121 cm³/mol. The molecule has 0 atom stereocenters. The van der Waals surface area contributed by atoms with Crippen LogP contribution in [0.5, 0.6) is 0 Å². The lowest BCUT2D eigenvalue weighted by Crippen LogP contribution is -2.11. The highest BCUT2D eigenvalue weighted by Crippen LogP contribution is 2.30. The van der Waals surface area contributed by atoms with Crippen LogP contribution in [0, 0.1) is 0 Å². The van der Waals surface area contributed by atoms with Crippen molar-refractivity contribution in [3.8, 4) is 16.9 Å². The van der Waals surface area contributed by atoms with Crippen molar-refractivity contribution in [1.29, 1.82) is 0 Å². The molecule has 1 aliphatic carbocycles. The zero-order chi connectivity index (χ0) is 20.8. The molecule has 0 radical (unpaired) electrons. The molecular weight excluding hydrogens is 374 g/mol. The fourth-order valence-electron chi connectivity index (χ4n) is 3.79. The first-order valence-corrected chi connectivity index (χ1v) is 10.7. The molecule has 3 heterocycles. The summed E-state index contributed by atoms with van der Waals surface area (Å²) in [6.45, 7) is 0. The maximum absolute atomic E-state index is 4.34. The third-order valence-corrected chi connectivity index (χ3v) is 5.48. The van der Waals surface area contributed by atoms with Gasteiger partial charge in [0.05, 0.1) is 23.1 Å². The molecule has 1 saturated carbocycles. The molecule has 7 nitrogen and oxygen atoms in total. The van der Waals surface area contributed by atoms with Crippen molar-refractivity contribution in [3.05, 3.63) is 48.9 Å². The second-order valence-electron chi connectivity index (χ2n) is 7.89. The van der Waals surface area contributed by atoms with Gasteiger partial charge >= 0.3 is 0 Å². The summed E-state index contributed by atoms with van der Waals surface area (Å²) in [6, 6.07) is 9.84. The summed E-state index contributed by atoms with van der Waals surface area (Å²) in [7, 11) is 3.88. The molecule has 5 rings (SSSR count). The molecule has 1 fully saturated rings. The van der Waals surface area contributed by atoms with Crippen LogP contribution in [0.1, 0.15) is 44.9 Å². The molecule has 0 bridgehead atoms. The highest BCUT2D eigenvalue weighted by Gasteiger charge is 2.12. The molecule has 4 aromatic rings. The predicted octanol–water partition coefficient (Wildman–Crippen LogP) is 5.00. The Morgan fingerprint density at radius 3 is 2.20 bits per heavy atom. The molecule has 3 aromatic heterocycles. The van der Waals surface area contributed by atoms with Crippen LogP contribution in [-0.2, 0) is 0 Å². The average Bonchev–Trinajstić information content (AvgIpc) is 3.40. The number of rotatable bonds is 3. The van der Waals surface area contributed by atoms with Crippen LogP contribution in [0.4, 0.5) is 5.82 Å². The molecule has 1 aromatic carbocycles. The SMILES string of the molecule is C1CCCCCC1.CN(C)c1ccc(-c2ccc(-n3cccn3)c3[nH]ncc23)nn1. The van der Waals surface area contributed by atoms with Gasteiger partial charge in [0, 0.05) is 37.4 Å². The number of hydrogen-bond acceptors (Lipinski definition) is 5. The summed E-state index contributed by atoms with van der Waals surface area (Å²) < 4.78 is 1.81. The van der Waals surface area contributed by atoms with Crippen molar-refractivity contribution in [2.45, 2.75) is 44.9 Å². The number of hydrogen-bond donors (Lipinski definition) is 1. The number of aromatic amines is 1. The number of benzene rings is 1. The molecular formula is C23H29N7. The summed E-state index contributed by atoms with van der Waals surface area (Å²) >= 11 is 0. The maximum Gasteiger partial charge on any atom is 0.150 e. The van der Waals surface area contributed by atoms with Gasteiger partial charge in [0.1, 0.15) is 0 Å². The van der Waals surface area contributed by atoms with Crippen molar-refractivity contribution < 1.29 is 0 Å². The second kappa shape index (κ2) is 9.52. The molecule has 7 heteroatoms. The van der Waals surface area contributed by atoms with Gasteiger partial charge in [-0.15, -0.1) is 10.2 Å². The summed E-state index contributed by atoms with van der Waals surface area (Å²) in [5, 5.41) is 21.1. The van der Waals surface area contributed by atoms with Crippen LogP contribution in [0.25, 0.3) is 27.8 Å². The topological polar surface area (TPSA) is 75.5 Å². The quantitative estimate of drug-likeness (QED) is 0.487. The Balaban J connectivity index is 0.000000265. The van der Waals surface area contributed by atoms with Gasteiger partial charge in [-0.3, -0.25) is 5.10 Å². The first-order chi connectivity index (χ1) is 14.7. The summed E-state index contributed by atoms with van der Waals surface area (Å²) in [5.74, 6) is 0.824. The zero-order valence-corrected chi connectivity index (χ0v) is 17.8. The van der Waals surface area contributed by atoms with E-state index in [1.807, 2.05) is 60.2 Å². The van der Waals surface area contributed by atoms with Crippen LogP contribution < -0.4 is 4.90 Å². The number of nitrogens with one attached hydrogen (secondary N) is 1. The van der Waals surface area contributed by atoms with Crippen LogP contribution in [0.15, 0.2) is 48.9 Å². The first-order valence-electron chi connectivity index (χ1n) is 10.7. The minimum absolute atomic E-state index is 0.814. The molecule has 30 heavy (non-hydrogen) atoms. The molecule has 0 unspecified atom stereocenters. The smallest absolute Gasteiger partial charge is 0.150 e. The molecule has 0 saturated heterocycles. The molecule has 156 valence electrons. The summed E-state index contributed by atoms with van der Waals surface area (Å²) in [6.07, 6.45) is 16.0. The Morgan fingerprint density at radius 2 is 1.63 bits per heavy atom. The fraction of sp³-hybridized carbons (Fsp3) is 0.391. The Bertz CT molecular complexity index is 1030. The largest absolute Gasteiger partial charge is 0.361 e. The van der Waals surface area contributed by atoms with E-state index in [0.717, 1.165) is 33.7 Å². The van der Waals surface area contributed by atoms with Gasteiger partial charge in [-0.05, 0) is 30.3 Å². The Labute approximate surface area is 177 Å². The molecule has 1 N–H and O–H groups in total. The van der Waals surface area contributed by atoms with Gasteiger partial charge in [-0.25, -0.2) is 4.68 Å². The van der Waals surface area contributed by atoms with Crippen LogP contribution in [0.2, 0.25) is 0 Å². The number of H-pyrrole nitrogens is 1. The molecule has 0 aliphatic heterocycles. The van der Waals surface area contributed by atoms with Gasteiger partial charge in [0.15, 0.2) is 5.82 Å². The Kier molecular flexibility index (Phi) is 6.37. The number of anilines is 1. The van der Waals surface area contributed by atoms with Crippen LogP contribution >= 0.6 is 0 Å². The maximum atomic E-state index is 4.34. The minimum atomic E-state index is 0.814. The van der Waals surface area contributed by atoms with Crippen molar-refractivity contribution in [1.82, 2.24) is 30.2 Å². The molecule has 0 spiro atoms. The average molecular weight is 404 g/mol. The van der Waals surface area contributed by atoms with E-state index < -0.39 is 0 Å². The van der Waals surface area contributed by atoms with Gasteiger partial charge in [0.25, 0.3) is 0 Å². The van der Waals surface area contributed by atoms with Crippen LogP contribution in [-0.4, -0.2) is 44.3 Å². The van der Waals surface area contributed by atoms with E-state index in [1.54, 1.807) is 12.4 Å². The monoisotopic (exact) mass is 403 g/mol. The zero-order valence-electron chi connectivity index (χ0n) is 17.8. The molecule has 1 aliphatic rings. The lowest BCUT2D eigenvalue weighted by molar-refractivity contribution is 0.702. The fourth-order valence-corrected chi connectivity index (χ4v) is 3.79. The number of nitrogens with zero attached hydrogens (tertiary/aromatic N) is 6. The van der Waals surface area contributed by atoms with E-state index >= 15 is 0 Å². The number of aromatic nitrogens is 6. The Morgan fingerprint density at radius 1 is 0.900 bits per heavy atom. The van der Waals surface area contributed by atoms with E-state index in [2.05, 4.69) is 25.5 Å². The van der Waals surface area contributed by atoms with Gasteiger partial charge in [-0.2, -0.15) is 10.2 Å².